The van der Waals surface area contributed by atoms with Crippen molar-refractivity contribution in [3.8, 4) is 5.75 Å². The van der Waals surface area contributed by atoms with Gasteiger partial charge >= 0.3 is 0 Å². The van der Waals surface area contributed by atoms with Gasteiger partial charge in [0.15, 0.2) is 0 Å². The van der Waals surface area contributed by atoms with E-state index in [2.05, 4.69) is 32.0 Å². The summed E-state index contributed by atoms with van der Waals surface area (Å²) in [5, 5.41) is 0. The van der Waals surface area contributed by atoms with Gasteiger partial charge in [0.1, 0.15) is 5.75 Å². The third kappa shape index (κ3) is 3.15. The molecule has 0 spiro atoms. The van der Waals surface area contributed by atoms with Crippen molar-refractivity contribution in [2.24, 2.45) is 5.73 Å². The summed E-state index contributed by atoms with van der Waals surface area (Å²) in [7, 11) is 1.67. The molecule has 0 amide bonds. The molecular weight excluding hydrogens is 234 g/mol. The minimum absolute atomic E-state index is 0.0192. The zero-order chi connectivity index (χ0) is 13.8. The normalized spacial score (nSPS) is 12.2. The lowest BCUT2D eigenvalue weighted by molar-refractivity contribution is 0.414. The van der Waals surface area contributed by atoms with E-state index >= 15 is 0 Å². The van der Waals surface area contributed by atoms with E-state index in [1.807, 2.05) is 24.3 Å². The van der Waals surface area contributed by atoms with Crippen LogP contribution in [0.3, 0.4) is 0 Å². The summed E-state index contributed by atoms with van der Waals surface area (Å²) in [6, 6.07) is 14.4. The van der Waals surface area contributed by atoms with Crippen LogP contribution in [0.1, 0.15) is 28.3 Å². The fraction of sp³-hybridized carbons (Fsp3) is 0.294. The summed E-state index contributed by atoms with van der Waals surface area (Å²) in [4.78, 5) is 0. The van der Waals surface area contributed by atoms with Crippen LogP contribution in [0.5, 0.6) is 5.75 Å². The quantitative estimate of drug-likeness (QED) is 0.906. The third-order valence-corrected chi connectivity index (χ3v) is 3.61. The molecule has 2 aromatic carbocycles. The van der Waals surface area contributed by atoms with Crippen LogP contribution >= 0.6 is 0 Å². The highest BCUT2D eigenvalue weighted by Crippen LogP contribution is 2.22. The van der Waals surface area contributed by atoms with Gasteiger partial charge in [-0.25, -0.2) is 0 Å². The van der Waals surface area contributed by atoms with Crippen LogP contribution in [-0.2, 0) is 6.42 Å². The first-order chi connectivity index (χ1) is 9.11. The Balaban J connectivity index is 2.18. The van der Waals surface area contributed by atoms with Crippen LogP contribution in [0, 0.1) is 13.8 Å². The Bertz CT molecular complexity index is 525. The first-order valence-corrected chi connectivity index (χ1v) is 6.56. The molecule has 19 heavy (non-hydrogen) atoms. The first kappa shape index (κ1) is 13.6. The summed E-state index contributed by atoms with van der Waals surface area (Å²) >= 11 is 0. The van der Waals surface area contributed by atoms with E-state index < -0.39 is 0 Å². The monoisotopic (exact) mass is 255 g/mol. The Kier molecular flexibility index (Phi) is 4.23. The predicted molar refractivity (Wildman–Crippen MR) is 79.5 cm³/mol. The van der Waals surface area contributed by atoms with E-state index in [0.29, 0.717) is 0 Å². The Morgan fingerprint density at radius 1 is 1.00 bits per heavy atom. The molecule has 0 heterocycles. The fourth-order valence-corrected chi connectivity index (χ4v) is 2.36. The van der Waals surface area contributed by atoms with Gasteiger partial charge < -0.3 is 10.5 Å². The number of hydrogen-bond acceptors (Lipinski definition) is 2. The van der Waals surface area contributed by atoms with Gasteiger partial charge in [-0.2, -0.15) is 0 Å². The van der Waals surface area contributed by atoms with Gasteiger partial charge in [0.25, 0.3) is 0 Å². The van der Waals surface area contributed by atoms with Crippen LogP contribution in [-0.4, -0.2) is 7.11 Å². The number of rotatable bonds is 4. The largest absolute Gasteiger partial charge is 0.497 e. The van der Waals surface area contributed by atoms with Crippen molar-refractivity contribution in [2.75, 3.05) is 7.11 Å². The molecule has 0 bridgehead atoms. The predicted octanol–water partition coefficient (Wildman–Crippen LogP) is 3.55. The minimum Gasteiger partial charge on any atom is -0.497 e. The maximum atomic E-state index is 6.32. The van der Waals surface area contributed by atoms with Crippen LogP contribution in [0.15, 0.2) is 42.5 Å². The molecule has 100 valence electrons. The summed E-state index contributed by atoms with van der Waals surface area (Å²) in [5.41, 5.74) is 11.4. The summed E-state index contributed by atoms with van der Waals surface area (Å²) in [5.74, 6) is 0.864. The van der Waals surface area contributed by atoms with Gasteiger partial charge in [-0.15, -0.1) is 0 Å². The zero-order valence-corrected chi connectivity index (χ0v) is 11.8. The molecule has 0 aliphatic carbocycles. The van der Waals surface area contributed by atoms with Gasteiger partial charge in [-0.3, -0.25) is 0 Å². The number of aryl methyl sites for hydroxylation is 2. The molecule has 2 aromatic rings. The topological polar surface area (TPSA) is 35.2 Å². The van der Waals surface area contributed by atoms with Crippen molar-refractivity contribution < 1.29 is 4.74 Å². The lowest BCUT2D eigenvalue weighted by Gasteiger charge is -2.16. The second kappa shape index (κ2) is 5.89. The van der Waals surface area contributed by atoms with Crippen molar-refractivity contribution in [1.82, 2.24) is 0 Å². The van der Waals surface area contributed by atoms with Gasteiger partial charge in [0.05, 0.1) is 7.11 Å². The molecule has 2 rings (SSSR count). The van der Waals surface area contributed by atoms with Crippen molar-refractivity contribution >= 4 is 0 Å². The molecule has 2 N–H and O–H groups in total. The third-order valence-electron chi connectivity index (χ3n) is 3.61. The van der Waals surface area contributed by atoms with E-state index in [1.54, 1.807) is 7.11 Å². The Hall–Kier alpha value is -1.80. The van der Waals surface area contributed by atoms with Crippen LogP contribution in [0.2, 0.25) is 0 Å². The summed E-state index contributed by atoms with van der Waals surface area (Å²) < 4.78 is 5.16. The van der Waals surface area contributed by atoms with Gasteiger partial charge in [-0.1, -0.05) is 30.3 Å². The van der Waals surface area contributed by atoms with Crippen LogP contribution in [0.25, 0.3) is 0 Å². The molecule has 0 saturated carbocycles. The van der Waals surface area contributed by atoms with Crippen molar-refractivity contribution in [3.05, 3.63) is 64.7 Å². The van der Waals surface area contributed by atoms with Crippen LogP contribution < -0.4 is 10.5 Å². The fourth-order valence-electron chi connectivity index (χ4n) is 2.36. The van der Waals surface area contributed by atoms with E-state index in [1.165, 1.54) is 16.7 Å². The smallest absolute Gasteiger partial charge is 0.118 e. The molecule has 0 saturated heterocycles. The van der Waals surface area contributed by atoms with E-state index in [4.69, 9.17) is 10.5 Å². The molecule has 0 aromatic heterocycles. The van der Waals surface area contributed by atoms with Crippen LogP contribution in [0.4, 0.5) is 0 Å². The second-order valence-corrected chi connectivity index (χ2v) is 4.95. The maximum absolute atomic E-state index is 6.32. The molecule has 0 aliphatic rings. The Morgan fingerprint density at radius 3 is 2.11 bits per heavy atom. The molecule has 0 aliphatic heterocycles. The van der Waals surface area contributed by atoms with E-state index in [9.17, 15) is 0 Å². The zero-order valence-electron chi connectivity index (χ0n) is 11.8. The molecule has 1 atom stereocenters. The highest BCUT2D eigenvalue weighted by Gasteiger charge is 2.10. The lowest BCUT2D eigenvalue weighted by atomic mass is 9.93. The molecule has 2 nitrogen and oxygen atoms in total. The van der Waals surface area contributed by atoms with Crippen molar-refractivity contribution in [2.45, 2.75) is 26.3 Å². The SMILES string of the molecule is COc1ccc(C(N)Cc2c(C)cccc2C)cc1. The number of methoxy groups -OCH3 is 1. The molecular formula is C17H21NO. The second-order valence-electron chi connectivity index (χ2n) is 4.95. The summed E-state index contributed by atoms with van der Waals surface area (Å²) in [6.45, 7) is 4.28. The highest BCUT2D eigenvalue weighted by atomic mass is 16.5. The molecule has 0 radical (unpaired) electrons. The van der Waals surface area contributed by atoms with Crippen molar-refractivity contribution in [3.63, 3.8) is 0 Å². The number of nitrogens with two attached hydrogens (primary N) is 1. The average molecular weight is 255 g/mol. The average Bonchev–Trinajstić information content (AvgIpc) is 2.43. The number of ether oxygens (including phenoxy) is 1. The van der Waals surface area contributed by atoms with Crippen molar-refractivity contribution in [1.29, 1.82) is 0 Å². The number of benzene rings is 2. The molecule has 2 heteroatoms. The van der Waals surface area contributed by atoms with E-state index in [0.717, 1.165) is 17.7 Å². The van der Waals surface area contributed by atoms with Gasteiger partial charge in [0, 0.05) is 6.04 Å². The summed E-state index contributed by atoms with van der Waals surface area (Å²) in [6.07, 6.45) is 0.866. The minimum atomic E-state index is 0.0192. The number of hydrogen-bond donors (Lipinski definition) is 1. The highest BCUT2D eigenvalue weighted by molar-refractivity contribution is 5.36. The molecule has 1 unspecified atom stereocenters. The first-order valence-electron chi connectivity index (χ1n) is 6.56. The van der Waals surface area contributed by atoms with E-state index in [-0.39, 0.29) is 6.04 Å². The molecule has 0 fully saturated rings. The maximum Gasteiger partial charge on any atom is 0.118 e. The standard InChI is InChI=1S/C17H21NO/c1-12-5-4-6-13(2)16(12)11-17(18)14-7-9-15(19-3)10-8-14/h4-10,17H,11,18H2,1-3H3. The Morgan fingerprint density at radius 2 is 1.58 bits per heavy atom. The van der Waals surface area contributed by atoms with Gasteiger partial charge in [-0.05, 0) is 54.7 Å². The lowest BCUT2D eigenvalue weighted by Crippen LogP contribution is -2.14. The Labute approximate surface area is 115 Å². The van der Waals surface area contributed by atoms with Gasteiger partial charge in [0.2, 0.25) is 0 Å².